The Hall–Kier alpha value is -1.30. The Morgan fingerprint density at radius 3 is 2.48 bits per heavy atom. The molecular formula is C15H30N4O2. The second kappa shape index (κ2) is 8.87. The highest BCUT2D eigenvalue weighted by molar-refractivity contribution is 6.06. The molecule has 6 nitrogen and oxygen atoms in total. The molecule has 0 atom stereocenters. The van der Waals surface area contributed by atoms with Crippen LogP contribution in [0, 0.1) is 5.41 Å². The fraction of sp³-hybridized carbons (Fsp3) is 0.867. The van der Waals surface area contributed by atoms with E-state index in [0.29, 0.717) is 19.4 Å². The second-order valence-corrected chi connectivity index (χ2v) is 5.82. The van der Waals surface area contributed by atoms with E-state index in [-0.39, 0.29) is 11.7 Å². The van der Waals surface area contributed by atoms with E-state index >= 15 is 0 Å². The number of amides is 1. The van der Waals surface area contributed by atoms with Crippen molar-refractivity contribution in [2.24, 2.45) is 16.3 Å². The molecule has 0 radical (unpaired) electrons. The second-order valence-electron chi connectivity index (χ2n) is 5.82. The summed E-state index contributed by atoms with van der Waals surface area (Å²) in [7, 11) is 0. The summed E-state index contributed by atoms with van der Waals surface area (Å²) in [4.78, 5) is 14.8. The highest BCUT2D eigenvalue weighted by Gasteiger charge is 2.43. The number of oxime groups is 1. The Kier molecular flexibility index (Phi) is 7.50. The SMILES string of the molecule is CCCN(CC)CCNC(=O)C1(C(N)=NO)CCCCC1. The Bertz CT molecular complexity index is 352. The maximum atomic E-state index is 12.5. The molecule has 0 aromatic heterocycles. The van der Waals surface area contributed by atoms with E-state index in [2.05, 4.69) is 29.2 Å². The summed E-state index contributed by atoms with van der Waals surface area (Å²) in [6.45, 7) is 7.73. The highest BCUT2D eigenvalue weighted by atomic mass is 16.4. The fourth-order valence-electron chi connectivity index (χ4n) is 3.09. The van der Waals surface area contributed by atoms with Gasteiger partial charge in [-0.2, -0.15) is 0 Å². The molecule has 1 aliphatic carbocycles. The molecule has 0 heterocycles. The molecule has 6 heteroatoms. The molecule has 1 aliphatic rings. The normalized spacial score (nSPS) is 18.7. The van der Waals surface area contributed by atoms with Gasteiger partial charge in [0.2, 0.25) is 5.91 Å². The zero-order chi connectivity index (χ0) is 15.7. The topological polar surface area (TPSA) is 91.0 Å². The van der Waals surface area contributed by atoms with E-state index in [1.165, 1.54) is 0 Å². The van der Waals surface area contributed by atoms with Crippen molar-refractivity contribution in [1.82, 2.24) is 10.2 Å². The molecular weight excluding hydrogens is 268 g/mol. The molecule has 0 unspecified atom stereocenters. The van der Waals surface area contributed by atoms with Crippen LogP contribution in [-0.2, 0) is 4.79 Å². The van der Waals surface area contributed by atoms with Crippen molar-refractivity contribution in [3.8, 4) is 0 Å². The molecule has 4 N–H and O–H groups in total. The average molecular weight is 298 g/mol. The summed E-state index contributed by atoms with van der Waals surface area (Å²) in [5.74, 6) is -0.0364. The number of likely N-dealkylation sites (N-methyl/N-ethyl adjacent to an activating group) is 1. The largest absolute Gasteiger partial charge is 0.409 e. The van der Waals surface area contributed by atoms with Crippen LogP contribution >= 0.6 is 0 Å². The number of carbonyl (C=O) groups excluding carboxylic acids is 1. The van der Waals surface area contributed by atoms with Gasteiger partial charge >= 0.3 is 0 Å². The van der Waals surface area contributed by atoms with E-state index in [1.54, 1.807) is 0 Å². The number of amidine groups is 1. The molecule has 0 aromatic carbocycles. The van der Waals surface area contributed by atoms with Crippen LogP contribution in [0.3, 0.4) is 0 Å². The third-order valence-corrected chi connectivity index (χ3v) is 4.44. The molecule has 0 saturated heterocycles. The van der Waals surface area contributed by atoms with Crippen LogP contribution in [0.1, 0.15) is 52.4 Å². The van der Waals surface area contributed by atoms with Crippen molar-refractivity contribution in [2.75, 3.05) is 26.2 Å². The Morgan fingerprint density at radius 2 is 1.95 bits per heavy atom. The zero-order valence-corrected chi connectivity index (χ0v) is 13.4. The van der Waals surface area contributed by atoms with Crippen LogP contribution < -0.4 is 11.1 Å². The summed E-state index contributed by atoms with van der Waals surface area (Å²) in [6.07, 6.45) is 5.44. The van der Waals surface area contributed by atoms with Crippen molar-refractivity contribution in [3.63, 3.8) is 0 Å². The van der Waals surface area contributed by atoms with Crippen LogP contribution in [0.15, 0.2) is 5.16 Å². The van der Waals surface area contributed by atoms with Gasteiger partial charge in [-0.15, -0.1) is 0 Å². The Labute approximate surface area is 127 Å². The fourth-order valence-corrected chi connectivity index (χ4v) is 3.09. The third kappa shape index (κ3) is 4.59. The molecule has 122 valence electrons. The minimum absolute atomic E-state index is 0.0561. The maximum Gasteiger partial charge on any atom is 0.233 e. The third-order valence-electron chi connectivity index (χ3n) is 4.44. The summed E-state index contributed by atoms with van der Waals surface area (Å²) in [5.41, 5.74) is 5.01. The summed E-state index contributed by atoms with van der Waals surface area (Å²) < 4.78 is 0. The molecule has 21 heavy (non-hydrogen) atoms. The minimum Gasteiger partial charge on any atom is -0.409 e. The number of nitrogens with two attached hydrogens (primary N) is 1. The van der Waals surface area contributed by atoms with Gasteiger partial charge in [-0.1, -0.05) is 38.3 Å². The highest BCUT2D eigenvalue weighted by Crippen LogP contribution is 2.36. The summed E-state index contributed by atoms with van der Waals surface area (Å²) >= 11 is 0. The van der Waals surface area contributed by atoms with Crippen LogP contribution in [0.25, 0.3) is 0 Å². The minimum atomic E-state index is -0.811. The van der Waals surface area contributed by atoms with Crippen molar-refractivity contribution >= 4 is 11.7 Å². The lowest BCUT2D eigenvalue weighted by Gasteiger charge is -2.34. The molecule has 0 aromatic rings. The number of hydrogen-bond acceptors (Lipinski definition) is 4. The van der Waals surface area contributed by atoms with Gasteiger partial charge in [0.05, 0.1) is 0 Å². The molecule has 1 saturated carbocycles. The zero-order valence-electron chi connectivity index (χ0n) is 13.4. The van der Waals surface area contributed by atoms with Crippen LogP contribution in [0.2, 0.25) is 0 Å². The predicted molar refractivity (Wildman–Crippen MR) is 84.3 cm³/mol. The van der Waals surface area contributed by atoms with Gasteiger partial charge in [-0.05, 0) is 32.4 Å². The van der Waals surface area contributed by atoms with Gasteiger partial charge in [-0.25, -0.2) is 0 Å². The van der Waals surface area contributed by atoms with E-state index < -0.39 is 5.41 Å². The lowest BCUT2D eigenvalue weighted by Crippen LogP contribution is -2.52. The summed E-state index contributed by atoms with van der Waals surface area (Å²) in [5, 5.41) is 15.1. The van der Waals surface area contributed by atoms with Gasteiger partial charge in [0.25, 0.3) is 0 Å². The van der Waals surface area contributed by atoms with E-state index in [0.717, 1.165) is 45.3 Å². The van der Waals surface area contributed by atoms with Crippen LogP contribution in [0.5, 0.6) is 0 Å². The first-order valence-electron chi connectivity index (χ1n) is 8.09. The van der Waals surface area contributed by atoms with Crippen LogP contribution in [0.4, 0.5) is 0 Å². The smallest absolute Gasteiger partial charge is 0.233 e. The number of nitrogens with one attached hydrogen (secondary N) is 1. The van der Waals surface area contributed by atoms with Crippen molar-refractivity contribution in [2.45, 2.75) is 52.4 Å². The maximum absolute atomic E-state index is 12.5. The molecule has 1 rings (SSSR count). The van der Waals surface area contributed by atoms with Crippen molar-refractivity contribution in [1.29, 1.82) is 0 Å². The Balaban J connectivity index is 2.58. The number of carbonyl (C=O) groups is 1. The van der Waals surface area contributed by atoms with Gasteiger partial charge in [0, 0.05) is 13.1 Å². The molecule has 0 bridgehead atoms. The molecule has 0 spiro atoms. The van der Waals surface area contributed by atoms with Gasteiger partial charge in [-0.3, -0.25) is 4.79 Å². The first-order valence-corrected chi connectivity index (χ1v) is 8.09. The van der Waals surface area contributed by atoms with E-state index in [1.807, 2.05) is 0 Å². The molecule has 1 fully saturated rings. The summed E-state index contributed by atoms with van der Waals surface area (Å²) in [6, 6.07) is 0. The first-order chi connectivity index (χ1) is 10.1. The quantitative estimate of drug-likeness (QED) is 0.274. The van der Waals surface area contributed by atoms with Crippen molar-refractivity contribution < 1.29 is 10.0 Å². The van der Waals surface area contributed by atoms with Crippen LogP contribution in [-0.4, -0.2) is 48.0 Å². The lowest BCUT2D eigenvalue weighted by atomic mass is 9.72. The average Bonchev–Trinajstić information content (AvgIpc) is 2.53. The van der Waals surface area contributed by atoms with Gasteiger partial charge in [0.1, 0.15) is 5.41 Å². The predicted octanol–water partition coefficient (Wildman–Crippen LogP) is 1.53. The van der Waals surface area contributed by atoms with E-state index in [4.69, 9.17) is 10.9 Å². The molecule has 0 aliphatic heterocycles. The number of hydrogen-bond donors (Lipinski definition) is 3. The monoisotopic (exact) mass is 298 g/mol. The number of rotatable bonds is 8. The van der Waals surface area contributed by atoms with E-state index in [9.17, 15) is 4.79 Å². The van der Waals surface area contributed by atoms with Gasteiger partial charge in [0.15, 0.2) is 5.84 Å². The number of nitrogens with zero attached hydrogens (tertiary/aromatic N) is 2. The standard InChI is InChI=1S/C15H30N4O2/c1-3-11-19(4-2)12-10-17-14(20)15(13(16)18-21)8-6-5-7-9-15/h21H,3-12H2,1-2H3,(H2,16,18)(H,17,20). The van der Waals surface area contributed by atoms with Gasteiger partial charge < -0.3 is 21.2 Å². The Morgan fingerprint density at radius 1 is 1.29 bits per heavy atom. The lowest BCUT2D eigenvalue weighted by molar-refractivity contribution is -0.129. The first kappa shape index (κ1) is 17.8. The molecule has 1 amide bonds. The van der Waals surface area contributed by atoms with Crippen molar-refractivity contribution in [3.05, 3.63) is 0 Å².